The molecule has 0 atom stereocenters. The van der Waals surface area contributed by atoms with Gasteiger partial charge in [0.05, 0.1) is 0 Å². The fraction of sp³-hybridized carbons (Fsp3) is 0.167. The van der Waals surface area contributed by atoms with Crippen molar-refractivity contribution >= 4 is 11.9 Å². The molecule has 0 saturated heterocycles. The van der Waals surface area contributed by atoms with Gasteiger partial charge in [-0.25, -0.2) is 0 Å². The molecule has 0 amide bonds. The van der Waals surface area contributed by atoms with Crippen LogP contribution >= 0.6 is 0 Å². The Kier molecular flexibility index (Phi) is 4.72. The highest BCUT2D eigenvalue weighted by Gasteiger charge is 2.01. The minimum Gasteiger partial charge on any atom is -0.508 e. The molecule has 1 N–H and O–H groups in total. The standard InChI is InChI=1S/C18H18O2/c1-2-3-14-4-6-15(7-5-14)8-13-18(20)16-9-11-17(19)12-10-16/h4-13,19H,2-3H2,1H3/b13-8+. The minimum atomic E-state index is -0.0670. The Hall–Kier alpha value is -2.35. The maximum Gasteiger partial charge on any atom is 0.185 e. The van der Waals surface area contributed by atoms with Crippen LogP contribution < -0.4 is 0 Å². The van der Waals surface area contributed by atoms with Gasteiger partial charge in [0.15, 0.2) is 5.78 Å². The second kappa shape index (κ2) is 6.71. The number of carbonyl (C=O) groups excluding carboxylic acids is 1. The normalized spacial score (nSPS) is 10.8. The first-order valence-electron chi connectivity index (χ1n) is 6.79. The highest BCUT2D eigenvalue weighted by atomic mass is 16.3. The molecular formula is C18H18O2. The van der Waals surface area contributed by atoms with Crippen LogP contribution in [-0.4, -0.2) is 10.9 Å². The van der Waals surface area contributed by atoms with Gasteiger partial charge in [0.1, 0.15) is 5.75 Å². The fourth-order valence-electron chi connectivity index (χ4n) is 1.98. The number of phenolic OH excluding ortho intramolecular Hbond substituents is 1. The van der Waals surface area contributed by atoms with Gasteiger partial charge in [-0.2, -0.15) is 0 Å². The van der Waals surface area contributed by atoms with E-state index in [2.05, 4.69) is 19.1 Å². The van der Waals surface area contributed by atoms with Crippen LogP contribution in [0.1, 0.15) is 34.8 Å². The summed E-state index contributed by atoms with van der Waals surface area (Å²) >= 11 is 0. The van der Waals surface area contributed by atoms with Crippen LogP contribution in [-0.2, 0) is 6.42 Å². The smallest absolute Gasteiger partial charge is 0.185 e. The molecule has 0 aliphatic rings. The van der Waals surface area contributed by atoms with E-state index in [1.807, 2.05) is 18.2 Å². The first-order valence-corrected chi connectivity index (χ1v) is 6.79. The lowest BCUT2D eigenvalue weighted by Crippen LogP contribution is -1.93. The van der Waals surface area contributed by atoms with Gasteiger partial charge in [-0.3, -0.25) is 4.79 Å². The molecule has 102 valence electrons. The largest absolute Gasteiger partial charge is 0.508 e. The third-order valence-electron chi connectivity index (χ3n) is 3.10. The first kappa shape index (κ1) is 14.1. The Morgan fingerprint density at radius 1 is 1.05 bits per heavy atom. The predicted octanol–water partition coefficient (Wildman–Crippen LogP) is 4.24. The van der Waals surface area contributed by atoms with Gasteiger partial charge in [0, 0.05) is 5.56 Å². The van der Waals surface area contributed by atoms with Crippen molar-refractivity contribution < 1.29 is 9.90 Å². The lowest BCUT2D eigenvalue weighted by atomic mass is 10.1. The van der Waals surface area contributed by atoms with Gasteiger partial charge in [0.25, 0.3) is 0 Å². The van der Waals surface area contributed by atoms with Crippen molar-refractivity contribution in [3.63, 3.8) is 0 Å². The van der Waals surface area contributed by atoms with Gasteiger partial charge >= 0.3 is 0 Å². The fourth-order valence-corrected chi connectivity index (χ4v) is 1.98. The average Bonchev–Trinajstić information content (AvgIpc) is 2.47. The monoisotopic (exact) mass is 266 g/mol. The molecule has 0 aliphatic heterocycles. The third-order valence-corrected chi connectivity index (χ3v) is 3.10. The van der Waals surface area contributed by atoms with Crippen LogP contribution in [0.15, 0.2) is 54.6 Å². The molecule has 0 aromatic heterocycles. The second-order valence-corrected chi connectivity index (χ2v) is 4.74. The number of hydrogen-bond donors (Lipinski definition) is 1. The van der Waals surface area contributed by atoms with Crippen molar-refractivity contribution in [2.24, 2.45) is 0 Å². The number of carbonyl (C=O) groups is 1. The minimum absolute atomic E-state index is 0.0670. The van der Waals surface area contributed by atoms with E-state index in [0.29, 0.717) is 5.56 Å². The van der Waals surface area contributed by atoms with Crippen LogP contribution in [0.2, 0.25) is 0 Å². The average molecular weight is 266 g/mol. The summed E-state index contributed by atoms with van der Waals surface area (Å²) in [6.45, 7) is 2.16. The van der Waals surface area contributed by atoms with Crippen molar-refractivity contribution in [2.45, 2.75) is 19.8 Å². The molecule has 0 spiro atoms. The molecule has 0 radical (unpaired) electrons. The van der Waals surface area contributed by atoms with Crippen molar-refractivity contribution in [3.05, 3.63) is 71.3 Å². The van der Waals surface area contributed by atoms with E-state index < -0.39 is 0 Å². The number of hydrogen-bond acceptors (Lipinski definition) is 2. The molecule has 0 saturated carbocycles. The summed E-state index contributed by atoms with van der Waals surface area (Å²) in [4.78, 5) is 11.9. The first-order chi connectivity index (χ1) is 9.69. The Labute approximate surface area is 119 Å². The third kappa shape index (κ3) is 3.82. The number of ketones is 1. The Bertz CT molecular complexity index is 592. The quantitative estimate of drug-likeness (QED) is 0.649. The highest BCUT2D eigenvalue weighted by Crippen LogP contribution is 2.12. The van der Waals surface area contributed by atoms with Crippen LogP contribution in [0.3, 0.4) is 0 Å². The number of benzene rings is 2. The number of rotatable bonds is 5. The summed E-state index contributed by atoms with van der Waals surface area (Å²) in [5, 5.41) is 9.19. The molecule has 0 heterocycles. The summed E-state index contributed by atoms with van der Waals surface area (Å²) in [5.74, 6) is 0.0969. The maximum atomic E-state index is 11.9. The number of allylic oxidation sites excluding steroid dienone is 1. The Morgan fingerprint density at radius 2 is 1.70 bits per heavy atom. The van der Waals surface area contributed by atoms with Gasteiger partial charge < -0.3 is 5.11 Å². The molecule has 0 fully saturated rings. The second-order valence-electron chi connectivity index (χ2n) is 4.74. The summed E-state index contributed by atoms with van der Waals surface area (Å²) in [6.07, 6.45) is 5.58. The molecule has 20 heavy (non-hydrogen) atoms. The summed E-state index contributed by atoms with van der Waals surface area (Å²) < 4.78 is 0. The van der Waals surface area contributed by atoms with Gasteiger partial charge in [-0.15, -0.1) is 0 Å². The van der Waals surface area contributed by atoms with Crippen molar-refractivity contribution in [1.82, 2.24) is 0 Å². The van der Waals surface area contributed by atoms with Crippen LogP contribution in [0.25, 0.3) is 6.08 Å². The molecule has 2 heteroatoms. The van der Waals surface area contributed by atoms with E-state index in [1.54, 1.807) is 18.2 Å². The molecule has 2 rings (SSSR count). The van der Waals surface area contributed by atoms with Crippen molar-refractivity contribution in [1.29, 1.82) is 0 Å². The molecule has 0 unspecified atom stereocenters. The molecule has 2 aromatic carbocycles. The maximum absolute atomic E-state index is 11.9. The van der Waals surface area contributed by atoms with Crippen LogP contribution in [0.5, 0.6) is 5.75 Å². The van der Waals surface area contributed by atoms with E-state index in [4.69, 9.17) is 0 Å². The van der Waals surface area contributed by atoms with E-state index in [-0.39, 0.29) is 11.5 Å². The Balaban J connectivity index is 2.04. The molecular weight excluding hydrogens is 248 g/mol. The van der Waals surface area contributed by atoms with Gasteiger partial charge in [-0.1, -0.05) is 43.7 Å². The molecule has 0 aliphatic carbocycles. The number of aryl methyl sites for hydroxylation is 1. The van der Waals surface area contributed by atoms with Crippen LogP contribution in [0.4, 0.5) is 0 Å². The lowest BCUT2D eigenvalue weighted by molar-refractivity contribution is 0.104. The topological polar surface area (TPSA) is 37.3 Å². The lowest BCUT2D eigenvalue weighted by Gasteiger charge is -1.99. The zero-order valence-corrected chi connectivity index (χ0v) is 11.5. The Morgan fingerprint density at radius 3 is 2.30 bits per heavy atom. The highest BCUT2D eigenvalue weighted by molar-refractivity contribution is 6.06. The van der Waals surface area contributed by atoms with Crippen molar-refractivity contribution in [3.8, 4) is 5.75 Å². The van der Waals surface area contributed by atoms with Gasteiger partial charge in [-0.05, 0) is 47.9 Å². The number of aromatic hydroxyl groups is 1. The SMILES string of the molecule is CCCc1ccc(/C=C/C(=O)c2ccc(O)cc2)cc1. The van der Waals surface area contributed by atoms with E-state index in [9.17, 15) is 9.90 Å². The number of phenols is 1. The molecule has 2 aromatic rings. The summed E-state index contributed by atoms with van der Waals surface area (Å²) in [6, 6.07) is 14.5. The van der Waals surface area contributed by atoms with Crippen molar-refractivity contribution in [2.75, 3.05) is 0 Å². The zero-order valence-electron chi connectivity index (χ0n) is 11.5. The molecule has 2 nitrogen and oxygen atoms in total. The van der Waals surface area contributed by atoms with E-state index >= 15 is 0 Å². The predicted molar refractivity (Wildman–Crippen MR) is 81.9 cm³/mol. The van der Waals surface area contributed by atoms with Crippen LogP contribution in [0, 0.1) is 0 Å². The van der Waals surface area contributed by atoms with E-state index in [0.717, 1.165) is 18.4 Å². The summed E-state index contributed by atoms with van der Waals surface area (Å²) in [5.41, 5.74) is 2.90. The zero-order chi connectivity index (χ0) is 14.4. The molecule has 0 bridgehead atoms. The van der Waals surface area contributed by atoms with E-state index in [1.165, 1.54) is 17.7 Å². The van der Waals surface area contributed by atoms with Gasteiger partial charge in [0.2, 0.25) is 0 Å². The summed E-state index contributed by atoms with van der Waals surface area (Å²) in [7, 11) is 0.